The second-order valence-electron chi connectivity index (χ2n) is 6.94. The fourth-order valence-electron chi connectivity index (χ4n) is 3.76. The smallest absolute Gasteiger partial charge is 0.271 e. The minimum absolute atomic E-state index is 0.228. The van der Waals surface area contributed by atoms with Gasteiger partial charge in [-0.05, 0) is 36.4 Å². The Morgan fingerprint density at radius 1 is 1.17 bits per heavy atom. The van der Waals surface area contributed by atoms with Crippen molar-refractivity contribution in [3.05, 3.63) is 65.7 Å². The van der Waals surface area contributed by atoms with Gasteiger partial charge in [-0.25, -0.2) is 5.43 Å². The molecule has 3 aliphatic heterocycles. The molecule has 0 aliphatic carbocycles. The molecule has 0 unspecified atom stereocenters. The molecule has 0 saturated carbocycles. The van der Waals surface area contributed by atoms with Gasteiger partial charge in [0.05, 0.1) is 25.3 Å². The molecule has 29 heavy (non-hydrogen) atoms. The van der Waals surface area contributed by atoms with E-state index in [0.29, 0.717) is 17.9 Å². The normalized spacial score (nSPS) is 28.4. The van der Waals surface area contributed by atoms with E-state index >= 15 is 0 Å². The third kappa shape index (κ3) is 3.16. The molecule has 1 N–H and O–H groups in total. The highest BCUT2D eigenvalue weighted by atomic mass is 16.7. The monoisotopic (exact) mass is 393 g/mol. The Kier molecular flexibility index (Phi) is 4.49. The van der Waals surface area contributed by atoms with Crippen molar-refractivity contribution < 1.29 is 23.8 Å². The van der Waals surface area contributed by atoms with E-state index in [2.05, 4.69) is 15.7 Å². The van der Waals surface area contributed by atoms with Crippen molar-refractivity contribution in [2.75, 3.05) is 13.7 Å². The van der Waals surface area contributed by atoms with Gasteiger partial charge in [0.15, 0.2) is 12.4 Å². The summed E-state index contributed by atoms with van der Waals surface area (Å²) in [6.07, 6.45) is -1.21. The molecule has 5 rings (SSSR count). The van der Waals surface area contributed by atoms with E-state index in [9.17, 15) is 4.79 Å². The van der Waals surface area contributed by atoms with Gasteiger partial charge < -0.3 is 19.0 Å². The molecule has 3 aliphatic rings. The molecule has 2 fully saturated rings. The van der Waals surface area contributed by atoms with Gasteiger partial charge in [-0.1, -0.05) is 23.4 Å². The molecule has 2 bridgehead atoms. The maximum atomic E-state index is 12.4. The highest BCUT2D eigenvalue weighted by Crippen LogP contribution is 2.38. The molecule has 8 nitrogen and oxygen atoms in total. The Morgan fingerprint density at radius 3 is 2.72 bits per heavy atom. The number of ether oxygens (including phenoxy) is 3. The third-order valence-corrected chi connectivity index (χ3v) is 5.24. The van der Waals surface area contributed by atoms with Gasteiger partial charge in [0, 0.05) is 11.1 Å². The first-order valence-corrected chi connectivity index (χ1v) is 9.32. The molecule has 3 heterocycles. The van der Waals surface area contributed by atoms with Crippen molar-refractivity contribution in [2.24, 2.45) is 16.2 Å². The van der Waals surface area contributed by atoms with Crippen LogP contribution in [-0.2, 0) is 14.3 Å². The fraction of sp³-hybridized carbons (Fsp3) is 0.286. The summed E-state index contributed by atoms with van der Waals surface area (Å²) in [5.74, 6) is 0.173. The van der Waals surface area contributed by atoms with Crippen LogP contribution in [0, 0.1) is 5.92 Å². The number of hydrazone groups is 1. The summed E-state index contributed by atoms with van der Waals surface area (Å²) in [6.45, 7) is 0.392. The third-order valence-electron chi connectivity index (χ3n) is 5.24. The summed E-state index contributed by atoms with van der Waals surface area (Å²) >= 11 is 0. The highest BCUT2D eigenvalue weighted by molar-refractivity contribution is 6.17. The first-order valence-electron chi connectivity index (χ1n) is 9.32. The van der Waals surface area contributed by atoms with E-state index in [1.54, 1.807) is 31.4 Å². The van der Waals surface area contributed by atoms with Crippen molar-refractivity contribution in [1.82, 2.24) is 5.43 Å². The predicted molar refractivity (Wildman–Crippen MR) is 104 cm³/mol. The van der Waals surface area contributed by atoms with Crippen LogP contribution in [-0.4, -0.2) is 49.5 Å². The van der Waals surface area contributed by atoms with Crippen LogP contribution in [0.3, 0.4) is 0 Å². The van der Waals surface area contributed by atoms with Gasteiger partial charge in [-0.2, -0.15) is 5.10 Å². The van der Waals surface area contributed by atoms with E-state index in [0.717, 1.165) is 17.0 Å². The number of rotatable bonds is 4. The summed E-state index contributed by atoms with van der Waals surface area (Å²) in [5, 5.41) is 8.68. The molecule has 0 radical (unpaired) electrons. The van der Waals surface area contributed by atoms with Crippen molar-refractivity contribution in [3.8, 4) is 5.75 Å². The first kappa shape index (κ1) is 17.8. The number of carbonyl (C=O) groups is 1. The number of carbonyl (C=O) groups excluding carboxylic acids is 1. The summed E-state index contributed by atoms with van der Waals surface area (Å²) in [4.78, 5) is 18.1. The number of benzene rings is 2. The molecule has 2 aromatic carbocycles. The Hall–Kier alpha value is -3.23. The maximum Gasteiger partial charge on any atom is 0.271 e. The average molecular weight is 393 g/mol. The maximum absolute atomic E-state index is 12.4. The van der Waals surface area contributed by atoms with E-state index in [1.807, 2.05) is 30.3 Å². The molecule has 1 amide bonds. The zero-order valence-electron chi connectivity index (χ0n) is 15.6. The molecule has 8 heteroatoms. The van der Waals surface area contributed by atoms with Crippen LogP contribution < -0.4 is 10.2 Å². The zero-order chi connectivity index (χ0) is 19.8. The minimum Gasteiger partial charge on any atom is -0.497 e. The lowest BCUT2D eigenvalue weighted by Gasteiger charge is -2.30. The lowest BCUT2D eigenvalue weighted by Crippen LogP contribution is -2.49. The van der Waals surface area contributed by atoms with Crippen molar-refractivity contribution in [2.45, 2.75) is 18.5 Å². The summed E-state index contributed by atoms with van der Waals surface area (Å²) in [5.41, 5.74) is 5.29. The number of amides is 1. The van der Waals surface area contributed by atoms with Gasteiger partial charge in [-0.3, -0.25) is 4.79 Å². The van der Waals surface area contributed by atoms with Gasteiger partial charge in [0.25, 0.3) is 5.91 Å². The zero-order valence-corrected chi connectivity index (χ0v) is 15.6. The van der Waals surface area contributed by atoms with Crippen LogP contribution in [0.15, 0.2) is 64.9 Å². The number of nitrogens with zero attached hydrogens (tertiary/aromatic N) is 2. The average Bonchev–Trinajstić information content (AvgIpc) is 3.40. The van der Waals surface area contributed by atoms with E-state index in [1.165, 1.54) is 0 Å². The number of fused-ring (bicyclic) bond motifs is 4. The quantitative estimate of drug-likeness (QED) is 0.802. The van der Waals surface area contributed by atoms with Crippen molar-refractivity contribution in [3.63, 3.8) is 0 Å². The van der Waals surface area contributed by atoms with E-state index in [-0.39, 0.29) is 24.0 Å². The number of hydrogen-bond donors (Lipinski definition) is 1. The van der Waals surface area contributed by atoms with Crippen LogP contribution >= 0.6 is 0 Å². The molecule has 2 aromatic rings. The second kappa shape index (κ2) is 7.31. The molecular formula is C21H19N3O5. The number of methoxy groups -OCH3 is 1. The van der Waals surface area contributed by atoms with Crippen LogP contribution in [0.1, 0.15) is 15.9 Å². The molecule has 0 aromatic heterocycles. The van der Waals surface area contributed by atoms with Crippen molar-refractivity contribution in [1.29, 1.82) is 0 Å². The van der Waals surface area contributed by atoms with Gasteiger partial charge in [0.2, 0.25) is 0 Å². The lowest BCUT2D eigenvalue weighted by molar-refractivity contribution is -0.0812. The Labute approximate surface area is 167 Å². The molecule has 2 saturated heterocycles. The van der Waals surface area contributed by atoms with Gasteiger partial charge in [-0.15, -0.1) is 0 Å². The topological polar surface area (TPSA) is 90.7 Å². The number of hydrogen-bond acceptors (Lipinski definition) is 7. The van der Waals surface area contributed by atoms with Crippen LogP contribution in [0.4, 0.5) is 0 Å². The van der Waals surface area contributed by atoms with Crippen molar-refractivity contribution >= 4 is 17.3 Å². The fourth-order valence-corrected chi connectivity index (χ4v) is 3.76. The van der Waals surface area contributed by atoms with Gasteiger partial charge >= 0.3 is 0 Å². The lowest BCUT2D eigenvalue weighted by atomic mass is 9.84. The van der Waals surface area contributed by atoms with E-state index in [4.69, 9.17) is 19.0 Å². The SMILES string of the molecule is COc1ccc(C2=NO[C@H]3[C@H]2/C(=N\NC(=O)c2ccccc2)[C@@H]2OC[C@H]3O2)cc1. The summed E-state index contributed by atoms with van der Waals surface area (Å²) < 4.78 is 16.8. The highest BCUT2D eigenvalue weighted by Gasteiger charge is 2.55. The number of oxime groups is 1. The van der Waals surface area contributed by atoms with Crippen LogP contribution in [0.2, 0.25) is 0 Å². The number of nitrogens with one attached hydrogen (secondary N) is 1. The van der Waals surface area contributed by atoms with Crippen LogP contribution in [0.25, 0.3) is 0 Å². The standard InChI is InChI=1S/C21H19N3O5/c1-26-14-9-7-12(8-10-14)17-16-18(21-27-11-15(28-21)19(16)29-24-17)22-23-20(25)13-5-3-2-4-6-13/h2-10,15-16,19,21H,11H2,1H3,(H,23,25)/b22-18+/t15-,16-,19-,21-/m1/s1. The van der Waals surface area contributed by atoms with E-state index < -0.39 is 6.29 Å². The Balaban J connectivity index is 1.44. The predicted octanol–water partition coefficient (Wildman–Crippen LogP) is 1.96. The summed E-state index contributed by atoms with van der Waals surface area (Å²) in [7, 11) is 1.62. The molecule has 4 atom stereocenters. The largest absolute Gasteiger partial charge is 0.497 e. The molecule has 0 spiro atoms. The first-order chi connectivity index (χ1) is 14.2. The second-order valence-corrected chi connectivity index (χ2v) is 6.94. The molecule has 148 valence electrons. The van der Waals surface area contributed by atoms with Crippen LogP contribution in [0.5, 0.6) is 5.75 Å². The Bertz CT molecular complexity index is 974. The minimum atomic E-state index is -0.637. The summed E-state index contributed by atoms with van der Waals surface area (Å²) in [6, 6.07) is 16.5. The Morgan fingerprint density at radius 2 is 1.97 bits per heavy atom. The van der Waals surface area contributed by atoms with Gasteiger partial charge in [0.1, 0.15) is 17.6 Å². The molecular weight excluding hydrogens is 374 g/mol.